The lowest BCUT2D eigenvalue weighted by Crippen LogP contribution is -2.45. The van der Waals surface area contributed by atoms with Crippen molar-refractivity contribution in [2.45, 2.75) is 26.1 Å². The topological polar surface area (TPSA) is 144 Å². The summed E-state index contributed by atoms with van der Waals surface area (Å²) in [5.74, 6) is 1.06. The number of benzene rings is 2. The van der Waals surface area contributed by atoms with E-state index in [2.05, 4.69) is 21.2 Å². The van der Waals surface area contributed by atoms with Gasteiger partial charge in [0.05, 0.1) is 41.6 Å². The number of nitrogens with zero attached hydrogens (tertiary/aromatic N) is 1. The van der Waals surface area contributed by atoms with Gasteiger partial charge in [0, 0.05) is 11.3 Å². The second kappa shape index (κ2) is 13.4. The van der Waals surface area contributed by atoms with Gasteiger partial charge in [0.25, 0.3) is 0 Å². The fraction of sp³-hybridized carbons (Fsp3) is 0.250. The van der Waals surface area contributed by atoms with E-state index in [-0.39, 0.29) is 12.2 Å². The summed E-state index contributed by atoms with van der Waals surface area (Å²) in [6, 6.07) is 12.4. The molecule has 0 spiro atoms. The zero-order valence-corrected chi connectivity index (χ0v) is 23.9. The van der Waals surface area contributed by atoms with Gasteiger partial charge >= 0.3 is 12.0 Å². The normalized spacial score (nSPS) is 15.8. The molecule has 3 aromatic rings. The predicted molar refractivity (Wildman–Crippen MR) is 153 cm³/mol. The molecule has 2 amide bonds. The average Bonchev–Trinajstić information content (AvgIpc) is 3.41. The summed E-state index contributed by atoms with van der Waals surface area (Å²) in [7, 11) is 1.27. The first-order chi connectivity index (χ1) is 19.7. The van der Waals surface area contributed by atoms with Gasteiger partial charge in [-0.05, 0) is 55.8 Å². The molecule has 0 saturated heterocycles. The maximum Gasteiger partial charge on any atom is 0.337 e. The molecule has 0 radical (unpaired) electrons. The third-order valence-electron chi connectivity index (χ3n) is 5.93. The zero-order valence-electron chi connectivity index (χ0n) is 22.4. The van der Waals surface area contributed by atoms with Gasteiger partial charge in [-0.25, -0.2) is 9.59 Å². The molecule has 2 heterocycles. The molecule has 1 aromatic heterocycles. The van der Waals surface area contributed by atoms with E-state index in [0.717, 1.165) is 0 Å². The number of methoxy groups -OCH3 is 1. The van der Waals surface area contributed by atoms with Crippen molar-refractivity contribution < 1.29 is 33.3 Å². The Morgan fingerprint density at radius 2 is 2.00 bits per heavy atom. The Hall–Kier alpha value is -4.19. The van der Waals surface area contributed by atoms with Gasteiger partial charge in [-0.1, -0.05) is 35.3 Å². The second-order valence-electron chi connectivity index (χ2n) is 8.72. The van der Waals surface area contributed by atoms with Crippen molar-refractivity contribution in [3.05, 3.63) is 81.2 Å². The number of hydrogen-bond donors (Lipinski definition) is 4. The van der Waals surface area contributed by atoms with Crippen LogP contribution in [0.3, 0.4) is 0 Å². The highest BCUT2D eigenvalue weighted by Crippen LogP contribution is 2.35. The number of amides is 2. The number of hydrazone groups is 1. The van der Waals surface area contributed by atoms with Crippen LogP contribution in [0.15, 0.2) is 69.3 Å². The van der Waals surface area contributed by atoms with E-state index in [4.69, 9.17) is 41.8 Å². The maximum absolute atomic E-state index is 12.4. The molecular weight excluding hydrogens is 575 g/mol. The zero-order chi connectivity index (χ0) is 29.5. The molecule has 4 N–H and O–H groups in total. The smallest absolute Gasteiger partial charge is 0.337 e. The average molecular weight is 603 g/mol. The van der Waals surface area contributed by atoms with E-state index in [9.17, 15) is 14.7 Å². The Balaban J connectivity index is 1.40. The molecule has 2 atom stereocenters. The molecule has 1 aliphatic heterocycles. The number of furan rings is 1. The first-order valence-corrected chi connectivity index (χ1v) is 13.2. The van der Waals surface area contributed by atoms with Crippen LogP contribution in [0.1, 0.15) is 31.2 Å². The van der Waals surface area contributed by atoms with E-state index in [1.807, 2.05) is 0 Å². The quantitative estimate of drug-likeness (QED) is 0.106. The molecular formula is C28H28Cl2N4O7. The van der Waals surface area contributed by atoms with Crippen LogP contribution in [0.25, 0.3) is 11.3 Å². The van der Waals surface area contributed by atoms with Crippen molar-refractivity contribution in [3.63, 3.8) is 0 Å². The standard InChI is InChI=1S/C28H28Cl2N4O7/c1-4-39-22-12-16(26-24(27(36)38-3)15(2)32-28(37)33-26)8-10-21(22)40-14-23(35)34-31-13-17-9-11-20(41-17)18-6-5-7-19(29)25(18)30/h5-13,23,26,34-35H,4,14H2,1-3H3,(H2,32,33,37)/b31-13+/t23-,26-/m0/s1. The molecule has 0 unspecified atom stereocenters. The summed E-state index contributed by atoms with van der Waals surface area (Å²) >= 11 is 12.3. The minimum absolute atomic E-state index is 0.172. The van der Waals surface area contributed by atoms with Gasteiger partial charge in [0.2, 0.25) is 0 Å². The number of esters is 1. The lowest BCUT2D eigenvalue weighted by molar-refractivity contribution is -0.136. The van der Waals surface area contributed by atoms with Crippen LogP contribution in [0.4, 0.5) is 4.79 Å². The van der Waals surface area contributed by atoms with Crippen LogP contribution in [0.2, 0.25) is 10.0 Å². The summed E-state index contributed by atoms with van der Waals surface area (Å²) in [5.41, 5.74) is 4.43. The van der Waals surface area contributed by atoms with Crippen LogP contribution in [0.5, 0.6) is 11.5 Å². The van der Waals surface area contributed by atoms with Crippen LogP contribution in [-0.4, -0.2) is 49.9 Å². The predicted octanol–water partition coefficient (Wildman–Crippen LogP) is 4.77. The number of carbonyl (C=O) groups excluding carboxylic acids is 2. The fourth-order valence-corrected chi connectivity index (χ4v) is 4.46. The van der Waals surface area contributed by atoms with Crippen molar-refractivity contribution >= 4 is 41.4 Å². The van der Waals surface area contributed by atoms with Crippen LogP contribution >= 0.6 is 23.2 Å². The Labute approximate surface area is 246 Å². The minimum Gasteiger partial charge on any atom is -0.490 e. The number of hydrogen-bond acceptors (Lipinski definition) is 9. The van der Waals surface area contributed by atoms with Crippen LogP contribution in [-0.2, 0) is 9.53 Å². The number of carbonyl (C=O) groups is 2. The Kier molecular flexibility index (Phi) is 9.77. The van der Waals surface area contributed by atoms with E-state index in [1.165, 1.54) is 13.3 Å². The first-order valence-electron chi connectivity index (χ1n) is 12.5. The summed E-state index contributed by atoms with van der Waals surface area (Å²) < 4.78 is 22.1. The fourth-order valence-electron chi connectivity index (χ4n) is 4.07. The van der Waals surface area contributed by atoms with Gasteiger partial charge in [-0.15, -0.1) is 0 Å². The number of ether oxygens (including phenoxy) is 3. The van der Waals surface area contributed by atoms with Gasteiger partial charge < -0.3 is 34.4 Å². The van der Waals surface area contributed by atoms with Crippen molar-refractivity contribution in [3.8, 4) is 22.8 Å². The first kappa shape index (κ1) is 29.8. The van der Waals surface area contributed by atoms with E-state index in [0.29, 0.717) is 56.5 Å². The number of rotatable bonds is 11. The van der Waals surface area contributed by atoms with Gasteiger partial charge in [-0.3, -0.25) is 5.43 Å². The maximum atomic E-state index is 12.4. The lowest BCUT2D eigenvalue weighted by atomic mass is 9.95. The number of nitrogens with one attached hydrogen (secondary N) is 3. The largest absolute Gasteiger partial charge is 0.490 e. The molecule has 2 aromatic carbocycles. The summed E-state index contributed by atoms with van der Waals surface area (Å²) in [6.45, 7) is 3.58. The molecule has 41 heavy (non-hydrogen) atoms. The van der Waals surface area contributed by atoms with E-state index < -0.39 is 24.3 Å². The Morgan fingerprint density at radius 1 is 1.20 bits per heavy atom. The summed E-state index contributed by atoms with van der Waals surface area (Å²) in [5, 5.41) is 20.4. The van der Waals surface area contributed by atoms with Crippen LogP contribution in [0, 0.1) is 0 Å². The van der Waals surface area contributed by atoms with Crippen molar-refractivity contribution in [1.29, 1.82) is 0 Å². The summed E-state index contributed by atoms with van der Waals surface area (Å²) in [4.78, 5) is 24.5. The highest BCUT2D eigenvalue weighted by atomic mass is 35.5. The molecule has 1 aliphatic rings. The van der Waals surface area contributed by atoms with Crippen molar-refractivity contribution in [2.75, 3.05) is 20.3 Å². The minimum atomic E-state index is -1.17. The number of urea groups is 1. The van der Waals surface area contributed by atoms with Crippen LogP contribution < -0.4 is 25.5 Å². The number of halogens is 2. The Bertz CT molecular complexity index is 1490. The van der Waals surface area contributed by atoms with E-state index in [1.54, 1.807) is 62.4 Å². The number of aliphatic hydroxyl groups is 1. The summed E-state index contributed by atoms with van der Waals surface area (Å²) in [6.07, 6.45) is 0.227. The molecule has 11 nitrogen and oxygen atoms in total. The SMILES string of the molecule is CCOc1cc([C@@H]2NC(=O)NC(C)=C2C(=O)OC)ccc1OC[C@H](O)N/N=C/c1ccc(-c2cccc(Cl)c2Cl)o1. The molecule has 13 heteroatoms. The van der Waals surface area contributed by atoms with Crippen molar-refractivity contribution in [1.82, 2.24) is 16.1 Å². The Morgan fingerprint density at radius 3 is 2.76 bits per heavy atom. The van der Waals surface area contributed by atoms with Crippen molar-refractivity contribution in [2.24, 2.45) is 5.10 Å². The lowest BCUT2D eigenvalue weighted by Gasteiger charge is -2.28. The molecule has 0 bridgehead atoms. The molecule has 0 saturated carbocycles. The molecule has 0 fully saturated rings. The highest BCUT2D eigenvalue weighted by Gasteiger charge is 2.32. The van der Waals surface area contributed by atoms with E-state index >= 15 is 0 Å². The number of aliphatic hydroxyl groups excluding tert-OH is 1. The molecule has 4 rings (SSSR count). The molecule has 216 valence electrons. The highest BCUT2D eigenvalue weighted by molar-refractivity contribution is 6.43. The van der Waals surface area contributed by atoms with Gasteiger partial charge in [0.15, 0.2) is 17.7 Å². The monoisotopic (exact) mass is 602 g/mol. The number of allylic oxidation sites excluding steroid dienone is 1. The van der Waals surface area contributed by atoms with Gasteiger partial charge in [-0.2, -0.15) is 5.10 Å². The van der Waals surface area contributed by atoms with Gasteiger partial charge in [0.1, 0.15) is 18.1 Å². The molecule has 0 aliphatic carbocycles. The third-order valence-corrected chi connectivity index (χ3v) is 6.75. The third kappa shape index (κ3) is 7.12. The second-order valence-corrected chi connectivity index (χ2v) is 9.50.